The Morgan fingerprint density at radius 3 is 1.28 bits per heavy atom. The summed E-state index contributed by atoms with van der Waals surface area (Å²) in [5.41, 5.74) is 10.7. The van der Waals surface area contributed by atoms with Gasteiger partial charge in [0, 0.05) is 0 Å². The quantitative estimate of drug-likeness (QED) is 0.285. The third-order valence-corrected chi connectivity index (χ3v) is 12.9. The van der Waals surface area contributed by atoms with Crippen molar-refractivity contribution in [2.75, 3.05) is 0 Å². The Hall–Kier alpha value is -1.37. The third-order valence-electron chi connectivity index (χ3n) is 6.71. The molecule has 0 amide bonds. The van der Waals surface area contributed by atoms with Crippen molar-refractivity contribution in [3.05, 3.63) is 137 Å². The zero-order valence-electron chi connectivity index (χ0n) is 23.7. The normalized spacial score (nSPS) is 13.1. The Kier molecular flexibility index (Phi) is 17.3. The predicted octanol–water partition coefficient (Wildman–Crippen LogP) is 2.64. The van der Waals surface area contributed by atoms with Gasteiger partial charge in [-0.3, -0.25) is 12.2 Å². The Bertz CT molecular complexity index is 1220. The van der Waals surface area contributed by atoms with Crippen LogP contribution in [0.3, 0.4) is 0 Å². The zero-order chi connectivity index (χ0) is 26.6. The van der Waals surface area contributed by atoms with Crippen LogP contribution >= 0.6 is 0 Å². The van der Waals surface area contributed by atoms with Crippen molar-refractivity contribution in [3.63, 3.8) is 0 Å². The summed E-state index contributed by atoms with van der Waals surface area (Å²) in [4.78, 5) is 0. The Labute approximate surface area is 265 Å². The average molecular weight is 693 g/mol. The van der Waals surface area contributed by atoms with Gasteiger partial charge in [-0.05, 0) is 24.0 Å². The monoisotopic (exact) mass is 692 g/mol. The molecule has 0 spiro atoms. The van der Waals surface area contributed by atoms with E-state index in [1.807, 2.05) is 0 Å². The van der Waals surface area contributed by atoms with Crippen LogP contribution in [0.15, 0.2) is 102 Å². The molecule has 0 unspecified atom stereocenters. The molecule has 2 aliphatic carbocycles. The maximum absolute atomic E-state index is 3.32. The van der Waals surface area contributed by atoms with Crippen molar-refractivity contribution in [3.8, 4) is 0 Å². The van der Waals surface area contributed by atoms with E-state index in [1.54, 1.807) is 26.0 Å². The molecule has 2 aliphatic rings. The molecule has 0 heterocycles. The summed E-state index contributed by atoms with van der Waals surface area (Å²) >= 11 is 1.76. The van der Waals surface area contributed by atoms with Crippen molar-refractivity contribution >= 4 is 25.5 Å². The molecule has 0 N–H and O–H groups in total. The number of rotatable bonds is 5. The first-order chi connectivity index (χ1) is 17.9. The molecule has 0 radical (unpaired) electrons. The Morgan fingerprint density at radius 2 is 1.03 bits per heavy atom. The molecule has 0 bridgehead atoms. The van der Waals surface area contributed by atoms with Crippen molar-refractivity contribution < 1.29 is 46.4 Å². The summed E-state index contributed by atoms with van der Waals surface area (Å²) in [7, 11) is -0.676. The van der Waals surface area contributed by atoms with Crippen LogP contribution in [0.2, 0.25) is 5.76 Å². The Morgan fingerprint density at radius 1 is 0.641 bits per heavy atom. The van der Waals surface area contributed by atoms with Gasteiger partial charge >= 0.3 is 72.1 Å². The van der Waals surface area contributed by atoms with Gasteiger partial charge in [0.15, 0.2) is 0 Å². The van der Waals surface area contributed by atoms with Gasteiger partial charge in [0.1, 0.15) is 0 Å². The molecule has 3 aromatic rings. The fourth-order valence-electron chi connectivity index (χ4n) is 4.31. The summed E-state index contributed by atoms with van der Waals surface area (Å²) in [5.74, 6) is 2.41. The maximum Gasteiger partial charge on any atom is -1.00 e. The van der Waals surface area contributed by atoms with Gasteiger partial charge < -0.3 is 24.8 Å². The van der Waals surface area contributed by atoms with Gasteiger partial charge in [-0.2, -0.15) is 23.3 Å². The number of hydrogen-bond donors (Lipinski definition) is 0. The second-order valence-electron chi connectivity index (χ2n) is 9.34. The fourth-order valence-corrected chi connectivity index (χ4v) is 7.89. The molecule has 3 aromatic carbocycles. The zero-order valence-corrected chi connectivity index (χ0v) is 29.8. The van der Waals surface area contributed by atoms with Gasteiger partial charge in [0.05, 0.1) is 0 Å². The van der Waals surface area contributed by atoms with Crippen LogP contribution in [0, 0.1) is 12.2 Å². The van der Waals surface area contributed by atoms with Gasteiger partial charge in [0.2, 0.25) is 0 Å². The van der Waals surface area contributed by atoms with E-state index < -0.39 is 9.98 Å². The molecule has 0 fully saturated rings. The summed E-state index contributed by atoms with van der Waals surface area (Å²) < 4.78 is 1.62. The van der Waals surface area contributed by atoms with E-state index in [2.05, 4.69) is 137 Å². The SMILES string of the molecule is CCc1ccc(C2=CC[C-]=C2C)cc1.CCc1ccc(C2=CC[C-]=C2C)cc1.[CH3][Ge](=[Zr+2])[c]1ccccc1.[Cl-].[Cl-]. The van der Waals surface area contributed by atoms with Crippen molar-refractivity contribution in [1.29, 1.82) is 0 Å². The minimum Gasteiger partial charge on any atom is -1.00 e. The third kappa shape index (κ3) is 11.2. The van der Waals surface area contributed by atoms with E-state index in [0.29, 0.717) is 0 Å². The van der Waals surface area contributed by atoms with E-state index in [1.165, 1.54) is 44.5 Å². The van der Waals surface area contributed by atoms with Crippen LogP contribution in [0.25, 0.3) is 11.1 Å². The van der Waals surface area contributed by atoms with Crippen LogP contribution in [-0.4, -0.2) is 9.98 Å². The number of aryl methyl sites for hydroxylation is 2. The van der Waals surface area contributed by atoms with E-state index in [0.717, 1.165) is 25.7 Å². The maximum atomic E-state index is 3.32. The van der Waals surface area contributed by atoms with E-state index in [4.69, 9.17) is 0 Å². The van der Waals surface area contributed by atoms with Crippen molar-refractivity contribution in [2.24, 2.45) is 0 Å². The van der Waals surface area contributed by atoms with Crippen LogP contribution in [-0.2, 0) is 34.4 Å². The number of halogens is 2. The topological polar surface area (TPSA) is 0 Å². The molecule has 0 saturated carbocycles. The van der Waals surface area contributed by atoms with Gasteiger partial charge in [0.25, 0.3) is 0 Å². The summed E-state index contributed by atoms with van der Waals surface area (Å²) in [6, 6.07) is 28.5. The van der Waals surface area contributed by atoms with Crippen molar-refractivity contribution in [1.82, 2.24) is 0 Å². The molecule has 39 heavy (non-hydrogen) atoms. The second-order valence-corrected chi connectivity index (χ2v) is 22.8. The fraction of sp³-hybridized carbons (Fsp3) is 0.257. The number of benzene rings is 3. The smallest absolute Gasteiger partial charge is 1.00 e. The largest absolute Gasteiger partial charge is 1.00 e. The molecular formula is C35H38Cl2GeZr-2. The molecule has 5 rings (SSSR count). The van der Waals surface area contributed by atoms with E-state index in [-0.39, 0.29) is 24.8 Å². The predicted molar refractivity (Wildman–Crippen MR) is 159 cm³/mol. The van der Waals surface area contributed by atoms with Crippen LogP contribution in [0.4, 0.5) is 0 Å². The van der Waals surface area contributed by atoms with Crippen molar-refractivity contribution in [2.45, 2.75) is 59.1 Å². The van der Waals surface area contributed by atoms with Gasteiger partial charge in [-0.15, -0.1) is 24.0 Å². The summed E-state index contributed by atoms with van der Waals surface area (Å²) in [5, 5.41) is 0. The van der Waals surface area contributed by atoms with E-state index in [9.17, 15) is 0 Å². The molecule has 4 heteroatoms. The second kappa shape index (κ2) is 18.9. The van der Waals surface area contributed by atoms with Gasteiger partial charge in [-0.25, -0.2) is 11.1 Å². The Balaban J connectivity index is 0.000000292. The average Bonchev–Trinajstić information content (AvgIpc) is 3.58. The summed E-state index contributed by atoms with van der Waals surface area (Å²) in [6.45, 7) is 8.63. The summed E-state index contributed by atoms with van der Waals surface area (Å²) in [6.07, 6.45) is 15.3. The minimum atomic E-state index is -0.676. The molecule has 0 saturated heterocycles. The molecule has 0 atom stereocenters. The molecular weight excluding hydrogens is 655 g/mol. The molecule has 0 aliphatic heterocycles. The molecule has 0 aromatic heterocycles. The standard InChI is InChI=1S/2C14H15.C7H8Ge.2ClH.Zr/c2*1-3-12-7-9-13(10-8-12)14-6-4-5-11(14)2;1-8-7-5-3-2-4-6-7;;;/h2*6-10H,3-4H2,1-2H3;2-6H,1H3;2*1H;/q2*-1;;;;+2/p-2. The first-order valence-corrected chi connectivity index (χ1v) is 23.9. The van der Waals surface area contributed by atoms with Crippen LogP contribution in [0.1, 0.15) is 62.8 Å². The van der Waals surface area contributed by atoms with Gasteiger partial charge in [-0.1, -0.05) is 76.2 Å². The van der Waals surface area contributed by atoms with E-state index >= 15 is 0 Å². The minimum absolute atomic E-state index is 0. The first-order valence-electron chi connectivity index (χ1n) is 13.3. The molecule has 0 nitrogen and oxygen atoms in total. The number of allylic oxidation sites excluding steroid dienone is 8. The first kappa shape index (κ1) is 35.7. The molecule has 202 valence electrons. The number of hydrogen-bond acceptors (Lipinski definition) is 0. The van der Waals surface area contributed by atoms with Crippen LogP contribution in [0.5, 0.6) is 0 Å². The van der Waals surface area contributed by atoms with Crippen LogP contribution < -0.4 is 29.2 Å².